The third-order valence-corrected chi connectivity index (χ3v) is 3.73. The molecule has 1 aliphatic carbocycles. The summed E-state index contributed by atoms with van der Waals surface area (Å²) < 4.78 is 4.62. The summed E-state index contributed by atoms with van der Waals surface area (Å²) in [5.74, 6) is 0.111. The van der Waals surface area contributed by atoms with Crippen molar-refractivity contribution in [3.63, 3.8) is 0 Å². The molecule has 1 aromatic rings. The van der Waals surface area contributed by atoms with E-state index in [9.17, 15) is 14.9 Å². The molecule has 1 saturated carbocycles. The van der Waals surface area contributed by atoms with Crippen LogP contribution in [0.4, 0.5) is 5.69 Å². The Bertz CT molecular complexity index is 523. The molecule has 0 amide bonds. The van der Waals surface area contributed by atoms with Crippen molar-refractivity contribution in [3.8, 4) is 0 Å². The summed E-state index contributed by atoms with van der Waals surface area (Å²) in [6.07, 6.45) is 5.24. The van der Waals surface area contributed by atoms with Gasteiger partial charge in [-0.15, -0.1) is 0 Å². The van der Waals surface area contributed by atoms with Gasteiger partial charge in [0.25, 0.3) is 5.69 Å². The van der Waals surface area contributed by atoms with Crippen LogP contribution in [-0.2, 0) is 9.53 Å². The smallest absolute Gasteiger partial charge is 0.330 e. The number of allylic oxidation sites excluding steroid dienone is 1. The van der Waals surface area contributed by atoms with E-state index in [0.717, 1.165) is 36.8 Å². The zero-order valence-corrected chi connectivity index (χ0v) is 11.4. The monoisotopic (exact) mass is 275 g/mol. The van der Waals surface area contributed by atoms with Crippen molar-refractivity contribution in [3.05, 3.63) is 51.6 Å². The van der Waals surface area contributed by atoms with Crippen LogP contribution in [0.3, 0.4) is 0 Å². The highest BCUT2D eigenvalue weighted by Crippen LogP contribution is 2.35. The first-order chi connectivity index (χ1) is 9.60. The molecular formula is C15H17NO4. The van der Waals surface area contributed by atoms with Gasteiger partial charge in [0.15, 0.2) is 0 Å². The quantitative estimate of drug-likeness (QED) is 0.367. The molecule has 0 aromatic heterocycles. The Labute approximate surface area is 117 Å². The lowest BCUT2D eigenvalue weighted by Gasteiger charge is -2.24. The van der Waals surface area contributed by atoms with E-state index in [1.54, 1.807) is 18.2 Å². The molecule has 1 aliphatic rings. The van der Waals surface area contributed by atoms with E-state index >= 15 is 0 Å². The van der Waals surface area contributed by atoms with Gasteiger partial charge in [-0.2, -0.15) is 0 Å². The number of carbonyl (C=O) groups is 1. The zero-order chi connectivity index (χ0) is 14.5. The van der Waals surface area contributed by atoms with Crippen molar-refractivity contribution in [1.29, 1.82) is 0 Å². The minimum atomic E-state index is -0.387. The van der Waals surface area contributed by atoms with Crippen LogP contribution in [-0.4, -0.2) is 18.0 Å². The molecule has 5 nitrogen and oxygen atoms in total. The standard InChI is InChI=1S/C15H17NO4/c1-20-15(17)10-11-2-4-12(5-3-11)13-6-8-14(9-7-13)16(18)19/h6-10,12H,2-5H2,1H3. The van der Waals surface area contributed by atoms with Gasteiger partial charge in [-0.25, -0.2) is 4.79 Å². The molecule has 2 rings (SSSR count). The summed E-state index contributed by atoms with van der Waals surface area (Å²) in [4.78, 5) is 21.4. The second kappa shape index (κ2) is 6.32. The average Bonchev–Trinajstić information content (AvgIpc) is 2.48. The lowest BCUT2D eigenvalue weighted by molar-refractivity contribution is -0.384. The number of ether oxygens (including phenoxy) is 1. The van der Waals surface area contributed by atoms with Crippen LogP contribution < -0.4 is 0 Å². The molecule has 0 heterocycles. The van der Waals surface area contributed by atoms with Crippen LogP contribution in [0.25, 0.3) is 0 Å². The maximum absolute atomic E-state index is 11.2. The largest absolute Gasteiger partial charge is 0.466 e. The third kappa shape index (κ3) is 3.44. The van der Waals surface area contributed by atoms with E-state index in [0.29, 0.717) is 5.92 Å². The molecule has 5 heteroatoms. The number of esters is 1. The van der Waals surface area contributed by atoms with Gasteiger partial charge in [0, 0.05) is 18.2 Å². The van der Waals surface area contributed by atoms with Crippen molar-refractivity contribution in [2.45, 2.75) is 31.6 Å². The van der Waals surface area contributed by atoms with E-state index in [-0.39, 0.29) is 16.6 Å². The maximum atomic E-state index is 11.2. The summed E-state index contributed by atoms with van der Waals surface area (Å²) in [5.41, 5.74) is 2.37. The fourth-order valence-corrected chi connectivity index (χ4v) is 2.56. The third-order valence-electron chi connectivity index (χ3n) is 3.73. The number of carbonyl (C=O) groups excluding carboxylic acids is 1. The number of nitro benzene ring substituents is 1. The van der Waals surface area contributed by atoms with Crippen LogP contribution in [0.1, 0.15) is 37.2 Å². The number of rotatable bonds is 3. The molecule has 106 valence electrons. The fourth-order valence-electron chi connectivity index (χ4n) is 2.56. The number of non-ortho nitro benzene ring substituents is 1. The van der Waals surface area contributed by atoms with Gasteiger partial charge in [0.1, 0.15) is 0 Å². The first-order valence-corrected chi connectivity index (χ1v) is 6.62. The Morgan fingerprint density at radius 2 is 1.90 bits per heavy atom. The topological polar surface area (TPSA) is 69.4 Å². The molecule has 0 unspecified atom stereocenters. The highest BCUT2D eigenvalue weighted by Gasteiger charge is 2.19. The molecule has 0 N–H and O–H groups in total. The molecule has 0 aliphatic heterocycles. The fraction of sp³-hybridized carbons (Fsp3) is 0.400. The normalized spacial score (nSPS) is 18.4. The Kier molecular flexibility index (Phi) is 4.50. The molecule has 20 heavy (non-hydrogen) atoms. The van der Waals surface area contributed by atoms with Gasteiger partial charge < -0.3 is 4.74 Å². The lowest BCUT2D eigenvalue weighted by atomic mass is 9.81. The Morgan fingerprint density at radius 3 is 2.40 bits per heavy atom. The number of hydrogen-bond donors (Lipinski definition) is 0. The predicted octanol–water partition coefficient (Wildman–Crippen LogP) is 3.35. The molecule has 1 fully saturated rings. The van der Waals surface area contributed by atoms with Crippen LogP contribution in [0.5, 0.6) is 0 Å². The minimum absolute atomic E-state index is 0.121. The average molecular weight is 275 g/mol. The summed E-state index contributed by atoms with van der Waals surface area (Å²) in [6, 6.07) is 6.76. The second-order valence-electron chi connectivity index (χ2n) is 4.95. The van der Waals surface area contributed by atoms with Gasteiger partial charge in [-0.3, -0.25) is 10.1 Å². The van der Waals surface area contributed by atoms with Crippen molar-refractivity contribution in [2.75, 3.05) is 7.11 Å². The lowest BCUT2D eigenvalue weighted by Crippen LogP contribution is -2.08. The number of methoxy groups -OCH3 is 1. The SMILES string of the molecule is COC(=O)C=C1CCC(c2ccc([N+](=O)[O-])cc2)CC1. The van der Waals surface area contributed by atoms with E-state index in [1.807, 2.05) is 12.1 Å². The second-order valence-corrected chi connectivity index (χ2v) is 4.95. The van der Waals surface area contributed by atoms with E-state index < -0.39 is 0 Å². The Morgan fingerprint density at radius 1 is 1.30 bits per heavy atom. The Hall–Kier alpha value is -2.17. The number of benzene rings is 1. The summed E-state index contributed by atoms with van der Waals surface area (Å²) >= 11 is 0. The van der Waals surface area contributed by atoms with Crippen LogP contribution in [0.15, 0.2) is 35.9 Å². The first kappa shape index (κ1) is 14.2. The molecule has 0 saturated heterocycles. The van der Waals surface area contributed by atoms with Gasteiger partial charge in [0.05, 0.1) is 12.0 Å². The van der Waals surface area contributed by atoms with Crippen LogP contribution in [0.2, 0.25) is 0 Å². The highest BCUT2D eigenvalue weighted by molar-refractivity contribution is 5.82. The van der Waals surface area contributed by atoms with Gasteiger partial charge >= 0.3 is 5.97 Å². The van der Waals surface area contributed by atoms with Gasteiger partial charge in [-0.1, -0.05) is 17.7 Å². The van der Waals surface area contributed by atoms with E-state index in [1.165, 1.54) is 7.11 Å². The van der Waals surface area contributed by atoms with E-state index in [2.05, 4.69) is 4.74 Å². The maximum Gasteiger partial charge on any atom is 0.330 e. The van der Waals surface area contributed by atoms with E-state index in [4.69, 9.17) is 0 Å². The number of nitro groups is 1. The molecular weight excluding hydrogens is 258 g/mol. The molecule has 1 aromatic carbocycles. The highest BCUT2D eigenvalue weighted by atomic mass is 16.6. The summed E-state index contributed by atoms with van der Waals surface area (Å²) in [6.45, 7) is 0. The number of hydrogen-bond acceptors (Lipinski definition) is 4. The molecule has 0 bridgehead atoms. The zero-order valence-electron chi connectivity index (χ0n) is 11.4. The summed E-state index contributed by atoms with van der Waals surface area (Å²) in [5, 5.41) is 10.6. The molecule has 0 atom stereocenters. The van der Waals surface area contributed by atoms with Gasteiger partial charge in [-0.05, 0) is 37.2 Å². The van der Waals surface area contributed by atoms with Crippen molar-refractivity contribution < 1.29 is 14.5 Å². The molecule has 0 spiro atoms. The van der Waals surface area contributed by atoms with Gasteiger partial charge in [0.2, 0.25) is 0 Å². The van der Waals surface area contributed by atoms with Crippen molar-refractivity contribution >= 4 is 11.7 Å². The van der Waals surface area contributed by atoms with Crippen LogP contribution in [0, 0.1) is 10.1 Å². The first-order valence-electron chi connectivity index (χ1n) is 6.62. The summed E-state index contributed by atoms with van der Waals surface area (Å²) in [7, 11) is 1.38. The Balaban J connectivity index is 1.98. The predicted molar refractivity (Wildman–Crippen MR) is 74.4 cm³/mol. The minimum Gasteiger partial charge on any atom is -0.466 e. The van der Waals surface area contributed by atoms with Crippen molar-refractivity contribution in [1.82, 2.24) is 0 Å². The van der Waals surface area contributed by atoms with Crippen molar-refractivity contribution in [2.24, 2.45) is 0 Å². The molecule has 0 radical (unpaired) electrons. The number of nitrogens with zero attached hydrogens (tertiary/aromatic N) is 1. The van der Waals surface area contributed by atoms with Crippen LogP contribution >= 0.6 is 0 Å².